The minimum Gasteiger partial charge on any atom is -0.473 e. The summed E-state index contributed by atoms with van der Waals surface area (Å²) in [5, 5.41) is 4.75. The van der Waals surface area contributed by atoms with Crippen molar-refractivity contribution in [1.82, 2.24) is 20.0 Å². The minimum atomic E-state index is -0.188. The highest BCUT2D eigenvalue weighted by atomic mass is 16.5. The van der Waals surface area contributed by atoms with Gasteiger partial charge in [0.2, 0.25) is 17.5 Å². The van der Waals surface area contributed by atoms with E-state index in [2.05, 4.69) is 41.6 Å². The van der Waals surface area contributed by atoms with Crippen LogP contribution >= 0.6 is 0 Å². The van der Waals surface area contributed by atoms with Gasteiger partial charge in [0.1, 0.15) is 6.10 Å². The van der Waals surface area contributed by atoms with Crippen LogP contribution in [0.5, 0.6) is 5.88 Å². The van der Waals surface area contributed by atoms with Crippen LogP contribution in [0.3, 0.4) is 0 Å². The first kappa shape index (κ1) is 22.9. The van der Waals surface area contributed by atoms with Crippen molar-refractivity contribution >= 4 is 12.4 Å². The van der Waals surface area contributed by atoms with Crippen LogP contribution in [-0.2, 0) is 18.4 Å². The van der Waals surface area contributed by atoms with Crippen LogP contribution < -0.4 is 10.5 Å². The molecule has 8 nitrogen and oxygen atoms in total. The molecule has 5 aliphatic rings. The van der Waals surface area contributed by atoms with Gasteiger partial charge in [-0.2, -0.15) is 4.98 Å². The van der Waals surface area contributed by atoms with Gasteiger partial charge in [0.05, 0.1) is 12.2 Å². The Hall–Kier alpha value is -3.26. The van der Waals surface area contributed by atoms with Crippen LogP contribution in [0.15, 0.2) is 33.9 Å². The van der Waals surface area contributed by atoms with Gasteiger partial charge in [0, 0.05) is 40.5 Å². The molecular weight excluding hydrogens is 464 g/mol. The van der Waals surface area contributed by atoms with Crippen molar-refractivity contribution in [1.29, 1.82) is 0 Å². The Kier molecular flexibility index (Phi) is 5.19. The summed E-state index contributed by atoms with van der Waals surface area (Å²) in [5.41, 5.74) is 13.1. The molecule has 3 heterocycles. The summed E-state index contributed by atoms with van der Waals surface area (Å²) >= 11 is 0. The monoisotopic (exact) mass is 498 g/mol. The average molecular weight is 499 g/mol. The molecule has 1 saturated carbocycles. The zero-order valence-corrected chi connectivity index (χ0v) is 21.6. The molecule has 1 spiro atoms. The average Bonchev–Trinajstić information content (AvgIpc) is 3.59. The molecule has 0 radical (unpaired) electrons. The summed E-state index contributed by atoms with van der Waals surface area (Å²) in [6.45, 7) is 7.52. The molecule has 3 unspecified atom stereocenters. The van der Waals surface area contributed by atoms with Crippen molar-refractivity contribution < 1.29 is 9.26 Å². The number of nitrogens with two attached hydrogens (primary N) is 1. The van der Waals surface area contributed by atoms with E-state index in [1.54, 1.807) is 6.20 Å². The maximum atomic E-state index is 6.49. The fraction of sp³-hybridized carbons (Fsp3) is 0.517. The van der Waals surface area contributed by atoms with Crippen LogP contribution in [-0.4, -0.2) is 52.5 Å². The Morgan fingerprint density at radius 2 is 2.19 bits per heavy atom. The molecular formula is C29H34N6O2. The van der Waals surface area contributed by atoms with E-state index in [0.29, 0.717) is 41.9 Å². The predicted octanol–water partition coefficient (Wildman–Crippen LogP) is 4.52. The fourth-order valence-corrected chi connectivity index (χ4v) is 7.78. The Morgan fingerprint density at radius 1 is 1.32 bits per heavy atom. The van der Waals surface area contributed by atoms with Crippen molar-refractivity contribution in [2.75, 3.05) is 19.3 Å². The van der Waals surface area contributed by atoms with Crippen LogP contribution in [0.2, 0.25) is 0 Å². The van der Waals surface area contributed by atoms with Gasteiger partial charge in [0.15, 0.2) is 0 Å². The lowest BCUT2D eigenvalue weighted by Gasteiger charge is -2.53. The van der Waals surface area contributed by atoms with Gasteiger partial charge in [0.25, 0.3) is 0 Å². The van der Waals surface area contributed by atoms with E-state index >= 15 is 0 Å². The number of aryl methyl sites for hydroxylation is 1. The molecule has 4 aliphatic carbocycles. The number of hydrogen-bond donors (Lipinski definition) is 1. The van der Waals surface area contributed by atoms with E-state index in [1.807, 2.05) is 12.1 Å². The van der Waals surface area contributed by atoms with Gasteiger partial charge in [-0.05, 0) is 94.8 Å². The van der Waals surface area contributed by atoms with E-state index in [4.69, 9.17) is 25.1 Å². The van der Waals surface area contributed by atoms with Crippen molar-refractivity contribution in [3.63, 3.8) is 0 Å². The normalized spacial score (nSPS) is 28.5. The van der Waals surface area contributed by atoms with Crippen molar-refractivity contribution in [3.8, 4) is 17.5 Å². The minimum absolute atomic E-state index is 0.0480. The number of hydrogen-bond acceptors (Lipinski definition) is 8. The first-order valence-corrected chi connectivity index (χ1v) is 13.5. The third kappa shape index (κ3) is 3.24. The second-order valence-corrected chi connectivity index (χ2v) is 11.4. The van der Waals surface area contributed by atoms with Gasteiger partial charge >= 0.3 is 0 Å². The molecule has 0 amide bonds. The Bertz CT molecular complexity index is 1380. The van der Waals surface area contributed by atoms with E-state index in [1.165, 1.54) is 23.1 Å². The molecule has 3 aromatic rings. The summed E-state index contributed by atoms with van der Waals surface area (Å²) in [5.74, 6) is 2.79. The summed E-state index contributed by atoms with van der Waals surface area (Å²) in [6.07, 6.45) is 8.43. The first-order chi connectivity index (χ1) is 18.0. The first-order valence-electron chi connectivity index (χ1n) is 13.5. The number of nitrogens with zero attached hydrogens (tertiary/aromatic N) is 5. The molecule has 8 heteroatoms. The van der Waals surface area contributed by atoms with Crippen LogP contribution in [0.25, 0.3) is 11.6 Å². The van der Waals surface area contributed by atoms with Crippen LogP contribution in [0.1, 0.15) is 72.9 Å². The van der Waals surface area contributed by atoms with Gasteiger partial charge in [-0.3, -0.25) is 9.89 Å². The van der Waals surface area contributed by atoms with Crippen molar-refractivity contribution in [3.05, 3.63) is 52.3 Å². The lowest BCUT2D eigenvalue weighted by Crippen LogP contribution is -2.48. The molecule has 1 saturated heterocycles. The highest BCUT2D eigenvalue weighted by Crippen LogP contribution is 2.66. The maximum Gasteiger partial charge on any atom is 0.217 e. The molecule has 1 aromatic carbocycles. The SMILES string of the molecule is C=NCc1c(N)ccc2c1C1(CC2)c2noc(-c3nccc(OC(C)C4CCCN4C)n3)c2C2CC1C2. The van der Waals surface area contributed by atoms with Gasteiger partial charge in [-0.15, -0.1) is 0 Å². The van der Waals surface area contributed by atoms with Crippen LogP contribution in [0, 0.1) is 5.92 Å². The zero-order valence-electron chi connectivity index (χ0n) is 21.6. The number of anilines is 1. The van der Waals surface area contributed by atoms with E-state index < -0.39 is 0 Å². The number of nitrogen functional groups attached to an aromatic ring is 1. The third-order valence-corrected chi connectivity index (χ3v) is 9.59. The van der Waals surface area contributed by atoms with E-state index in [0.717, 1.165) is 55.6 Å². The molecule has 3 atom stereocenters. The molecule has 37 heavy (non-hydrogen) atoms. The number of likely N-dealkylation sites (tertiary alicyclic amines) is 1. The molecule has 2 bridgehead atoms. The van der Waals surface area contributed by atoms with Crippen molar-refractivity contribution in [2.24, 2.45) is 10.9 Å². The van der Waals surface area contributed by atoms with Gasteiger partial charge < -0.3 is 15.0 Å². The number of likely N-dealkylation sites (N-methyl/N-ethyl adjacent to an activating group) is 1. The molecule has 1 aliphatic heterocycles. The lowest BCUT2D eigenvalue weighted by atomic mass is 9.49. The zero-order chi connectivity index (χ0) is 25.3. The topological polar surface area (TPSA) is 103 Å². The summed E-state index contributed by atoms with van der Waals surface area (Å²) in [4.78, 5) is 16.0. The highest BCUT2D eigenvalue weighted by molar-refractivity contribution is 5.67. The number of fused-ring (bicyclic) bond motifs is 1. The smallest absolute Gasteiger partial charge is 0.217 e. The largest absolute Gasteiger partial charge is 0.473 e. The Morgan fingerprint density at radius 3 is 2.97 bits per heavy atom. The quantitative estimate of drug-likeness (QED) is 0.394. The summed E-state index contributed by atoms with van der Waals surface area (Å²) in [7, 11) is 2.16. The Balaban J connectivity index is 1.28. The second kappa shape index (κ2) is 8.38. The highest BCUT2D eigenvalue weighted by Gasteiger charge is 2.60. The standard InChI is InChI=1S/C29H34N6O2/c1-16(22-5-4-12-35(22)3)36-23-9-11-32-28(33-23)26-24-18-13-19(14-18)29(27(24)34-37-26)10-8-17-6-7-21(30)20(15-31-2)25(17)29/h6-7,9,11,16,18-19,22H,2,4-5,8,10,12-15,30H2,1,3H3. The summed E-state index contributed by atoms with van der Waals surface area (Å²) in [6, 6.07) is 6.44. The van der Waals surface area contributed by atoms with Gasteiger partial charge in [-0.25, -0.2) is 4.98 Å². The molecule has 8 rings (SSSR count). The molecule has 2 N–H and O–H groups in total. The third-order valence-electron chi connectivity index (χ3n) is 9.59. The molecule has 2 fully saturated rings. The van der Waals surface area contributed by atoms with Crippen molar-refractivity contribution in [2.45, 2.75) is 75.5 Å². The number of rotatable bonds is 6. The fourth-order valence-electron chi connectivity index (χ4n) is 7.78. The molecule has 2 aromatic heterocycles. The number of ether oxygens (including phenoxy) is 1. The molecule has 192 valence electrons. The predicted molar refractivity (Wildman–Crippen MR) is 142 cm³/mol. The Labute approximate surface area is 217 Å². The van der Waals surface area contributed by atoms with E-state index in [-0.39, 0.29) is 11.5 Å². The second-order valence-electron chi connectivity index (χ2n) is 11.4. The van der Waals surface area contributed by atoms with E-state index in [9.17, 15) is 0 Å². The lowest BCUT2D eigenvalue weighted by molar-refractivity contribution is 0.117. The maximum absolute atomic E-state index is 6.49. The van der Waals surface area contributed by atoms with Crippen LogP contribution in [0.4, 0.5) is 5.69 Å². The number of benzene rings is 1. The number of aliphatic imine (C=N–C) groups is 1. The number of aromatic nitrogens is 3. The summed E-state index contributed by atoms with van der Waals surface area (Å²) < 4.78 is 12.4. The van der Waals surface area contributed by atoms with Gasteiger partial charge in [-0.1, -0.05) is 11.2 Å².